The molecule has 2 N–H and O–H groups in total. The first-order chi connectivity index (χ1) is 10.1. The largest absolute Gasteiger partial charge is 0.326 e. The second-order valence-electron chi connectivity index (χ2n) is 5.73. The number of imidazole rings is 1. The Labute approximate surface area is 125 Å². The average Bonchev–Trinajstić information content (AvgIpc) is 2.78. The zero-order valence-electron chi connectivity index (χ0n) is 12.7. The molecule has 0 saturated carbocycles. The molecule has 21 heavy (non-hydrogen) atoms. The summed E-state index contributed by atoms with van der Waals surface area (Å²) < 4.78 is 2.25. The average molecular weight is 279 g/mol. The van der Waals surface area contributed by atoms with Crippen molar-refractivity contribution in [1.82, 2.24) is 9.55 Å². The topological polar surface area (TPSA) is 43.8 Å². The van der Waals surface area contributed by atoms with E-state index in [2.05, 4.69) is 53.7 Å². The third kappa shape index (κ3) is 2.45. The van der Waals surface area contributed by atoms with Crippen LogP contribution in [0, 0.1) is 13.8 Å². The van der Waals surface area contributed by atoms with Gasteiger partial charge in [0.1, 0.15) is 5.82 Å². The van der Waals surface area contributed by atoms with Crippen LogP contribution in [0.25, 0.3) is 11.0 Å². The Morgan fingerprint density at radius 1 is 1.00 bits per heavy atom. The van der Waals surface area contributed by atoms with Crippen molar-refractivity contribution in [2.45, 2.75) is 32.9 Å². The van der Waals surface area contributed by atoms with Gasteiger partial charge in [-0.2, -0.15) is 0 Å². The SMILES string of the molecule is Cc1ccc(C(C(C)N)n2c(C)nc3ccccc32)cc1. The molecule has 3 nitrogen and oxygen atoms in total. The van der Waals surface area contributed by atoms with Crippen molar-refractivity contribution in [3.05, 3.63) is 65.5 Å². The Bertz CT molecular complexity index is 754. The number of para-hydroxylation sites is 2. The van der Waals surface area contributed by atoms with E-state index in [1.54, 1.807) is 0 Å². The zero-order chi connectivity index (χ0) is 15.0. The van der Waals surface area contributed by atoms with Crippen molar-refractivity contribution in [2.24, 2.45) is 5.73 Å². The highest BCUT2D eigenvalue weighted by Crippen LogP contribution is 2.28. The highest BCUT2D eigenvalue weighted by Gasteiger charge is 2.22. The molecule has 108 valence electrons. The second-order valence-corrected chi connectivity index (χ2v) is 5.73. The quantitative estimate of drug-likeness (QED) is 0.796. The van der Waals surface area contributed by atoms with Crippen LogP contribution in [0.15, 0.2) is 48.5 Å². The Morgan fingerprint density at radius 2 is 1.67 bits per heavy atom. The van der Waals surface area contributed by atoms with Crippen LogP contribution in [0.3, 0.4) is 0 Å². The van der Waals surface area contributed by atoms with E-state index in [4.69, 9.17) is 5.73 Å². The maximum Gasteiger partial charge on any atom is 0.107 e. The third-order valence-corrected chi connectivity index (χ3v) is 3.97. The van der Waals surface area contributed by atoms with Crippen LogP contribution >= 0.6 is 0 Å². The molecule has 2 unspecified atom stereocenters. The molecule has 3 heteroatoms. The normalized spacial score (nSPS) is 14.3. The number of nitrogens with two attached hydrogens (primary N) is 1. The van der Waals surface area contributed by atoms with E-state index >= 15 is 0 Å². The molecule has 2 aromatic carbocycles. The summed E-state index contributed by atoms with van der Waals surface area (Å²) in [6.07, 6.45) is 0. The predicted molar refractivity (Wildman–Crippen MR) is 87.4 cm³/mol. The molecule has 3 aromatic rings. The van der Waals surface area contributed by atoms with Crippen molar-refractivity contribution in [2.75, 3.05) is 0 Å². The molecule has 0 amide bonds. The summed E-state index contributed by atoms with van der Waals surface area (Å²) in [5.74, 6) is 0.999. The van der Waals surface area contributed by atoms with Gasteiger partial charge in [0.2, 0.25) is 0 Å². The molecule has 2 atom stereocenters. The van der Waals surface area contributed by atoms with Gasteiger partial charge in [-0.1, -0.05) is 42.0 Å². The van der Waals surface area contributed by atoms with E-state index in [9.17, 15) is 0 Å². The second kappa shape index (κ2) is 5.34. The van der Waals surface area contributed by atoms with Gasteiger partial charge in [-0.05, 0) is 38.5 Å². The van der Waals surface area contributed by atoms with Gasteiger partial charge in [0.05, 0.1) is 17.1 Å². The standard InChI is InChI=1S/C18H21N3/c1-12-8-10-15(11-9-12)18(13(2)19)21-14(3)20-16-6-4-5-7-17(16)21/h4-11,13,18H,19H2,1-3H3. The minimum absolute atomic E-state index is 0.00372. The molecular formula is C18H21N3. The van der Waals surface area contributed by atoms with Crippen molar-refractivity contribution >= 4 is 11.0 Å². The van der Waals surface area contributed by atoms with Gasteiger partial charge in [-0.25, -0.2) is 4.98 Å². The molecule has 1 aromatic heterocycles. The molecule has 0 fully saturated rings. The summed E-state index contributed by atoms with van der Waals surface area (Å²) in [6.45, 7) is 6.20. The molecule has 0 aliphatic rings. The maximum absolute atomic E-state index is 6.31. The van der Waals surface area contributed by atoms with Crippen molar-refractivity contribution in [3.63, 3.8) is 0 Å². The van der Waals surface area contributed by atoms with Crippen LogP contribution in [-0.2, 0) is 0 Å². The van der Waals surface area contributed by atoms with Crippen molar-refractivity contribution in [1.29, 1.82) is 0 Å². The Balaban J connectivity index is 2.20. The molecule has 0 bridgehead atoms. The lowest BCUT2D eigenvalue weighted by Gasteiger charge is -2.25. The van der Waals surface area contributed by atoms with Crippen LogP contribution in [0.4, 0.5) is 0 Å². The van der Waals surface area contributed by atoms with Gasteiger partial charge < -0.3 is 10.3 Å². The van der Waals surface area contributed by atoms with Gasteiger partial charge in [-0.3, -0.25) is 0 Å². The minimum Gasteiger partial charge on any atom is -0.326 e. The molecular weight excluding hydrogens is 258 g/mol. The number of benzene rings is 2. The third-order valence-electron chi connectivity index (χ3n) is 3.97. The Morgan fingerprint density at radius 3 is 2.33 bits per heavy atom. The number of hydrogen-bond acceptors (Lipinski definition) is 2. The van der Waals surface area contributed by atoms with Crippen LogP contribution in [0.2, 0.25) is 0 Å². The lowest BCUT2D eigenvalue weighted by Crippen LogP contribution is -2.30. The summed E-state index contributed by atoms with van der Waals surface area (Å²) in [6, 6.07) is 16.9. The van der Waals surface area contributed by atoms with Crippen LogP contribution in [0.5, 0.6) is 0 Å². The lowest BCUT2D eigenvalue weighted by molar-refractivity contribution is 0.497. The predicted octanol–water partition coefficient (Wildman–Crippen LogP) is 3.59. The molecule has 0 spiro atoms. The number of aromatic nitrogens is 2. The molecule has 0 aliphatic carbocycles. The molecule has 0 saturated heterocycles. The number of nitrogens with zero attached hydrogens (tertiary/aromatic N) is 2. The highest BCUT2D eigenvalue weighted by atomic mass is 15.1. The summed E-state index contributed by atoms with van der Waals surface area (Å²) >= 11 is 0. The maximum atomic E-state index is 6.31. The minimum atomic E-state index is 0.00372. The van der Waals surface area contributed by atoms with Gasteiger partial charge in [0.25, 0.3) is 0 Å². The first kappa shape index (κ1) is 13.8. The Kier molecular flexibility index (Phi) is 3.52. The van der Waals surface area contributed by atoms with Gasteiger partial charge in [0.15, 0.2) is 0 Å². The van der Waals surface area contributed by atoms with E-state index < -0.39 is 0 Å². The van der Waals surface area contributed by atoms with Crippen LogP contribution < -0.4 is 5.73 Å². The molecule has 0 radical (unpaired) electrons. The van der Waals surface area contributed by atoms with Crippen LogP contribution in [-0.4, -0.2) is 15.6 Å². The molecule has 0 aliphatic heterocycles. The summed E-state index contributed by atoms with van der Waals surface area (Å²) in [7, 11) is 0. The highest BCUT2D eigenvalue weighted by molar-refractivity contribution is 5.76. The fourth-order valence-corrected chi connectivity index (χ4v) is 2.97. The van der Waals surface area contributed by atoms with Gasteiger partial charge >= 0.3 is 0 Å². The number of hydrogen-bond donors (Lipinski definition) is 1. The smallest absolute Gasteiger partial charge is 0.107 e. The number of fused-ring (bicyclic) bond motifs is 1. The van der Waals surface area contributed by atoms with E-state index in [0.29, 0.717) is 0 Å². The van der Waals surface area contributed by atoms with Gasteiger partial charge in [-0.15, -0.1) is 0 Å². The summed E-state index contributed by atoms with van der Waals surface area (Å²) in [5, 5.41) is 0. The fourth-order valence-electron chi connectivity index (χ4n) is 2.97. The number of rotatable bonds is 3. The molecule has 1 heterocycles. The summed E-state index contributed by atoms with van der Waals surface area (Å²) in [5.41, 5.74) is 10.9. The van der Waals surface area contributed by atoms with Gasteiger partial charge in [0, 0.05) is 6.04 Å². The summed E-state index contributed by atoms with van der Waals surface area (Å²) in [4.78, 5) is 4.67. The van der Waals surface area contributed by atoms with Crippen molar-refractivity contribution < 1.29 is 0 Å². The first-order valence-corrected chi connectivity index (χ1v) is 7.33. The van der Waals surface area contributed by atoms with E-state index in [0.717, 1.165) is 16.9 Å². The Hall–Kier alpha value is -2.13. The zero-order valence-corrected chi connectivity index (χ0v) is 12.7. The first-order valence-electron chi connectivity index (χ1n) is 7.33. The lowest BCUT2D eigenvalue weighted by atomic mass is 9.99. The number of aryl methyl sites for hydroxylation is 2. The van der Waals surface area contributed by atoms with Crippen LogP contribution in [0.1, 0.15) is 29.9 Å². The monoisotopic (exact) mass is 279 g/mol. The van der Waals surface area contributed by atoms with E-state index in [1.165, 1.54) is 11.1 Å². The molecule has 3 rings (SSSR count). The fraction of sp³-hybridized carbons (Fsp3) is 0.278. The van der Waals surface area contributed by atoms with E-state index in [-0.39, 0.29) is 12.1 Å². The van der Waals surface area contributed by atoms with E-state index in [1.807, 2.05) is 25.1 Å². The van der Waals surface area contributed by atoms with Crippen molar-refractivity contribution in [3.8, 4) is 0 Å².